The topological polar surface area (TPSA) is 91.9 Å². The van der Waals surface area contributed by atoms with E-state index in [1.54, 1.807) is 18.2 Å². The summed E-state index contributed by atoms with van der Waals surface area (Å²) in [5.41, 5.74) is 2.58. The van der Waals surface area contributed by atoms with Crippen molar-refractivity contribution >= 4 is 21.6 Å². The third kappa shape index (κ3) is 6.00. The van der Waals surface area contributed by atoms with Crippen molar-refractivity contribution in [2.45, 2.75) is 61.3 Å². The first-order chi connectivity index (χ1) is 17.2. The molecule has 0 amide bonds. The van der Waals surface area contributed by atoms with Crippen LogP contribution in [0.3, 0.4) is 0 Å². The molecule has 0 atom stereocenters. The normalized spacial score (nSPS) is 14.9. The average Bonchev–Trinajstić information content (AvgIpc) is 3.17. The summed E-state index contributed by atoms with van der Waals surface area (Å²) in [5.74, 6) is 1.75. The van der Waals surface area contributed by atoms with E-state index in [1.165, 1.54) is 17.8 Å². The first-order valence-corrected chi connectivity index (χ1v) is 14.4. The van der Waals surface area contributed by atoms with Crippen LogP contribution < -0.4 is 0 Å². The molecule has 4 rings (SSSR count). The van der Waals surface area contributed by atoms with Gasteiger partial charge in [-0.1, -0.05) is 23.9 Å². The summed E-state index contributed by atoms with van der Waals surface area (Å²) >= 11 is 1.42. The third-order valence-corrected chi connectivity index (χ3v) is 9.18. The van der Waals surface area contributed by atoms with E-state index in [4.69, 9.17) is 0 Å². The molecular formula is C27H31N5O2S2. The molecule has 1 aromatic heterocycles. The van der Waals surface area contributed by atoms with E-state index >= 15 is 0 Å². The molecule has 0 saturated carbocycles. The van der Waals surface area contributed by atoms with Crippen molar-refractivity contribution in [2.24, 2.45) is 0 Å². The molecule has 0 bridgehead atoms. The fourth-order valence-corrected chi connectivity index (χ4v) is 7.47. The Hall–Kier alpha value is -3.09. The Morgan fingerprint density at radius 2 is 1.67 bits per heavy atom. The third-order valence-electron chi connectivity index (χ3n) is 6.36. The van der Waals surface area contributed by atoms with Crippen LogP contribution in [0.15, 0.2) is 63.4 Å². The van der Waals surface area contributed by atoms with Gasteiger partial charge in [-0.2, -0.15) is 5.26 Å². The monoisotopic (exact) mass is 521 g/mol. The second-order valence-corrected chi connectivity index (χ2v) is 12.4. The van der Waals surface area contributed by atoms with Gasteiger partial charge in [-0.25, -0.2) is 8.42 Å². The van der Waals surface area contributed by atoms with Gasteiger partial charge in [0.05, 0.1) is 22.3 Å². The van der Waals surface area contributed by atoms with Crippen molar-refractivity contribution in [3.63, 3.8) is 0 Å². The Kier molecular flexibility index (Phi) is 7.86. The van der Waals surface area contributed by atoms with Crippen LogP contribution in [0, 0.1) is 39.0 Å². The molecule has 1 aliphatic rings. The number of aromatic nitrogens is 3. The van der Waals surface area contributed by atoms with Crippen LogP contribution in [-0.2, 0) is 9.84 Å². The highest BCUT2D eigenvalue weighted by molar-refractivity contribution is 8.00. The van der Waals surface area contributed by atoms with Crippen molar-refractivity contribution in [1.82, 2.24) is 19.7 Å². The van der Waals surface area contributed by atoms with Gasteiger partial charge in [0.25, 0.3) is 0 Å². The SMILES string of the molecule is Cc1cc(C)cc(Sc2ccc(C#N)cc2S(=O)(=O)CC=CN2CCC(n3c(C)nnc3C)CC2)c1. The standard InChI is InChI=1S/C27H31N5O2S2/c1-19-14-20(2)16-25(15-19)35-26-7-6-23(18-28)17-27(26)36(33,34)13-5-10-31-11-8-24(9-12-31)32-21(3)29-30-22(32)4/h5-7,10,14-17,24H,8-9,11-13H2,1-4H3. The lowest BCUT2D eigenvalue weighted by Crippen LogP contribution is -2.31. The molecule has 0 spiro atoms. The highest BCUT2D eigenvalue weighted by atomic mass is 32.2. The van der Waals surface area contributed by atoms with E-state index in [2.05, 4.69) is 31.8 Å². The van der Waals surface area contributed by atoms with E-state index < -0.39 is 9.84 Å². The lowest BCUT2D eigenvalue weighted by molar-refractivity contribution is 0.240. The van der Waals surface area contributed by atoms with E-state index in [0.29, 0.717) is 16.5 Å². The van der Waals surface area contributed by atoms with E-state index in [-0.39, 0.29) is 10.6 Å². The highest BCUT2D eigenvalue weighted by Gasteiger charge is 2.23. The molecule has 0 unspecified atom stereocenters. The predicted octanol–water partition coefficient (Wildman–Crippen LogP) is 5.16. The fourth-order valence-electron chi connectivity index (χ4n) is 4.73. The minimum Gasteiger partial charge on any atom is -0.377 e. The van der Waals surface area contributed by atoms with Crippen molar-refractivity contribution in [2.75, 3.05) is 18.8 Å². The Morgan fingerprint density at radius 3 is 2.28 bits per heavy atom. The van der Waals surface area contributed by atoms with E-state index in [0.717, 1.165) is 53.6 Å². The Bertz CT molecular complexity index is 1390. The van der Waals surface area contributed by atoms with Crippen LogP contribution in [0.1, 0.15) is 47.2 Å². The number of hydrogen-bond donors (Lipinski definition) is 0. The van der Waals surface area contributed by atoms with Crippen molar-refractivity contribution in [1.29, 1.82) is 5.26 Å². The van der Waals surface area contributed by atoms with Crippen molar-refractivity contribution in [3.8, 4) is 6.07 Å². The Labute approximate surface area is 217 Å². The van der Waals surface area contributed by atoms with Gasteiger partial charge in [0.2, 0.25) is 0 Å². The van der Waals surface area contributed by atoms with Crippen molar-refractivity contribution < 1.29 is 8.42 Å². The number of aryl methyl sites for hydroxylation is 4. The quantitative estimate of drug-likeness (QED) is 0.424. The van der Waals surface area contributed by atoms with Gasteiger partial charge in [0.15, 0.2) is 9.84 Å². The highest BCUT2D eigenvalue weighted by Crippen LogP contribution is 2.35. The predicted molar refractivity (Wildman–Crippen MR) is 142 cm³/mol. The van der Waals surface area contributed by atoms with Crippen LogP contribution in [0.4, 0.5) is 0 Å². The molecule has 1 fully saturated rings. The molecule has 9 heteroatoms. The Balaban J connectivity index is 1.46. The maximum Gasteiger partial charge on any atom is 0.183 e. The first kappa shape index (κ1) is 26.0. The molecule has 2 aromatic carbocycles. The number of hydrogen-bond acceptors (Lipinski definition) is 7. The molecule has 1 aliphatic heterocycles. The Morgan fingerprint density at radius 1 is 1.03 bits per heavy atom. The molecule has 3 aromatic rings. The minimum absolute atomic E-state index is 0.119. The van der Waals surface area contributed by atoms with Crippen LogP contribution in [0.2, 0.25) is 0 Å². The number of nitrogens with zero attached hydrogens (tertiary/aromatic N) is 5. The second-order valence-electron chi connectivity index (χ2n) is 9.30. The van der Waals surface area contributed by atoms with Gasteiger partial charge in [-0.15, -0.1) is 10.2 Å². The maximum atomic E-state index is 13.4. The van der Waals surface area contributed by atoms with Crippen LogP contribution in [0.5, 0.6) is 0 Å². The average molecular weight is 522 g/mol. The van der Waals surface area contributed by atoms with E-state index in [9.17, 15) is 13.7 Å². The van der Waals surface area contributed by atoms with Crippen LogP contribution in [0.25, 0.3) is 0 Å². The van der Waals surface area contributed by atoms with Crippen LogP contribution in [-0.4, -0.2) is 46.9 Å². The van der Waals surface area contributed by atoms with Gasteiger partial charge in [-0.05, 0) is 88.2 Å². The smallest absolute Gasteiger partial charge is 0.183 e. The molecule has 0 radical (unpaired) electrons. The summed E-state index contributed by atoms with van der Waals surface area (Å²) in [6.07, 6.45) is 5.52. The molecule has 0 N–H and O–H groups in total. The zero-order valence-corrected chi connectivity index (χ0v) is 22.7. The van der Waals surface area contributed by atoms with Gasteiger partial charge in [0, 0.05) is 28.9 Å². The summed E-state index contributed by atoms with van der Waals surface area (Å²) in [6.45, 7) is 9.69. The lowest BCUT2D eigenvalue weighted by Gasteiger charge is -2.32. The summed E-state index contributed by atoms with van der Waals surface area (Å²) in [4.78, 5) is 3.98. The number of piperidine rings is 1. The molecule has 1 saturated heterocycles. The number of sulfone groups is 1. The molecule has 188 valence electrons. The lowest BCUT2D eigenvalue weighted by atomic mass is 10.0. The van der Waals surface area contributed by atoms with E-state index in [1.807, 2.05) is 46.0 Å². The molecule has 7 nitrogen and oxygen atoms in total. The first-order valence-electron chi connectivity index (χ1n) is 12.0. The van der Waals surface area contributed by atoms with Gasteiger partial charge in [-0.3, -0.25) is 0 Å². The summed E-state index contributed by atoms with van der Waals surface area (Å²) in [6, 6.07) is 13.5. The summed E-state index contributed by atoms with van der Waals surface area (Å²) < 4.78 is 28.9. The van der Waals surface area contributed by atoms with Gasteiger partial charge < -0.3 is 9.47 Å². The van der Waals surface area contributed by atoms with Gasteiger partial charge in [0.1, 0.15) is 11.6 Å². The largest absolute Gasteiger partial charge is 0.377 e. The maximum absolute atomic E-state index is 13.4. The zero-order chi connectivity index (χ0) is 25.9. The number of rotatable bonds is 7. The minimum atomic E-state index is -3.63. The van der Waals surface area contributed by atoms with Crippen LogP contribution >= 0.6 is 11.8 Å². The molecular weight excluding hydrogens is 490 g/mol. The molecule has 2 heterocycles. The summed E-state index contributed by atoms with van der Waals surface area (Å²) in [5, 5.41) is 17.7. The zero-order valence-electron chi connectivity index (χ0n) is 21.1. The van der Waals surface area contributed by atoms with Gasteiger partial charge >= 0.3 is 0 Å². The number of nitriles is 1. The number of likely N-dealkylation sites (tertiary alicyclic amines) is 1. The molecule has 0 aliphatic carbocycles. The second kappa shape index (κ2) is 10.9. The fraction of sp³-hybridized carbons (Fsp3) is 0.370. The van der Waals surface area contributed by atoms with Crippen molar-refractivity contribution in [3.05, 3.63) is 77.0 Å². The molecule has 36 heavy (non-hydrogen) atoms. The number of benzene rings is 2. The summed E-state index contributed by atoms with van der Waals surface area (Å²) in [7, 11) is -3.63.